The first-order valence-corrected chi connectivity index (χ1v) is 8.86. The maximum absolute atomic E-state index is 11.0. The van der Waals surface area contributed by atoms with Gasteiger partial charge in [-0.3, -0.25) is 0 Å². The molecule has 1 nitrogen and oxygen atoms in total. The van der Waals surface area contributed by atoms with Gasteiger partial charge in [-0.15, -0.1) is 0 Å². The number of hydrogen-bond donors (Lipinski definition) is 1. The smallest absolute Gasteiger partial charge is 0.0653 e. The van der Waals surface area contributed by atoms with Crippen molar-refractivity contribution in [3.8, 4) is 0 Å². The summed E-state index contributed by atoms with van der Waals surface area (Å²) in [6.07, 6.45) is 11.7. The molecular weight excluding hydrogens is 256 g/mol. The van der Waals surface area contributed by atoms with Crippen LogP contribution in [0.1, 0.15) is 73.1 Å². The molecule has 0 amide bonds. The van der Waals surface area contributed by atoms with Gasteiger partial charge in [0.15, 0.2) is 0 Å². The second-order valence-electron chi connectivity index (χ2n) is 8.13. The van der Waals surface area contributed by atoms with Crippen molar-refractivity contribution in [3.05, 3.63) is 23.3 Å². The number of rotatable bonds is 1. The summed E-state index contributed by atoms with van der Waals surface area (Å²) in [5.74, 6) is 2.40. The summed E-state index contributed by atoms with van der Waals surface area (Å²) in [7, 11) is 0. The molecule has 0 spiro atoms. The average molecular weight is 290 g/mol. The molecule has 2 aliphatic carbocycles. The van der Waals surface area contributed by atoms with Crippen molar-refractivity contribution in [2.24, 2.45) is 23.7 Å². The van der Waals surface area contributed by atoms with Crippen molar-refractivity contribution in [2.45, 2.75) is 78.7 Å². The summed E-state index contributed by atoms with van der Waals surface area (Å²) in [5, 5.41) is 11.0. The van der Waals surface area contributed by atoms with Gasteiger partial charge in [0.25, 0.3) is 0 Å². The maximum atomic E-state index is 11.0. The van der Waals surface area contributed by atoms with Gasteiger partial charge in [-0.25, -0.2) is 0 Å². The summed E-state index contributed by atoms with van der Waals surface area (Å²) < 4.78 is 0. The van der Waals surface area contributed by atoms with Crippen LogP contribution >= 0.6 is 0 Å². The van der Waals surface area contributed by atoms with Crippen LogP contribution in [0.25, 0.3) is 0 Å². The monoisotopic (exact) mass is 290 g/mol. The summed E-state index contributed by atoms with van der Waals surface area (Å²) in [4.78, 5) is 0. The van der Waals surface area contributed by atoms with Crippen LogP contribution in [0.2, 0.25) is 0 Å². The minimum atomic E-state index is -0.494. The largest absolute Gasteiger partial charge is 0.390 e. The molecule has 1 saturated carbocycles. The van der Waals surface area contributed by atoms with E-state index in [1.165, 1.54) is 30.4 Å². The Bertz CT molecular complexity index is 414. The Labute approximate surface area is 131 Å². The van der Waals surface area contributed by atoms with Crippen molar-refractivity contribution in [3.63, 3.8) is 0 Å². The fourth-order valence-electron chi connectivity index (χ4n) is 4.51. The summed E-state index contributed by atoms with van der Waals surface area (Å²) >= 11 is 0. The zero-order chi connectivity index (χ0) is 15.6. The lowest BCUT2D eigenvalue weighted by Gasteiger charge is -2.48. The van der Waals surface area contributed by atoms with E-state index >= 15 is 0 Å². The topological polar surface area (TPSA) is 20.2 Å². The van der Waals surface area contributed by atoms with E-state index in [2.05, 4.69) is 46.8 Å². The average Bonchev–Trinajstić information content (AvgIpc) is 2.36. The van der Waals surface area contributed by atoms with Gasteiger partial charge in [0.05, 0.1) is 5.60 Å². The van der Waals surface area contributed by atoms with E-state index in [4.69, 9.17) is 0 Å². The van der Waals surface area contributed by atoms with Crippen LogP contribution in [0.15, 0.2) is 23.3 Å². The molecule has 1 N–H and O–H groups in total. The molecule has 0 aliphatic heterocycles. The lowest BCUT2D eigenvalue weighted by atomic mass is 9.60. The molecule has 120 valence electrons. The highest BCUT2D eigenvalue weighted by molar-refractivity contribution is 5.12. The fraction of sp³-hybridized carbons (Fsp3) is 0.800. The van der Waals surface area contributed by atoms with Gasteiger partial charge in [0.2, 0.25) is 0 Å². The molecule has 4 atom stereocenters. The van der Waals surface area contributed by atoms with E-state index in [9.17, 15) is 5.11 Å². The second kappa shape index (κ2) is 6.69. The number of aliphatic hydroxyl groups is 1. The van der Waals surface area contributed by atoms with Crippen LogP contribution in [0, 0.1) is 23.7 Å². The van der Waals surface area contributed by atoms with Gasteiger partial charge in [-0.2, -0.15) is 0 Å². The summed E-state index contributed by atoms with van der Waals surface area (Å²) in [5.41, 5.74) is 2.52. The third kappa shape index (κ3) is 4.00. The van der Waals surface area contributed by atoms with Gasteiger partial charge < -0.3 is 5.11 Å². The van der Waals surface area contributed by atoms with Crippen molar-refractivity contribution >= 4 is 0 Å². The van der Waals surface area contributed by atoms with Crippen molar-refractivity contribution < 1.29 is 5.11 Å². The summed E-state index contributed by atoms with van der Waals surface area (Å²) in [6, 6.07) is 0. The molecule has 0 unspecified atom stereocenters. The molecule has 0 saturated heterocycles. The van der Waals surface area contributed by atoms with Crippen LogP contribution in [0.3, 0.4) is 0 Å². The molecule has 0 aromatic carbocycles. The third-order valence-electron chi connectivity index (χ3n) is 5.96. The van der Waals surface area contributed by atoms with Crippen LogP contribution < -0.4 is 0 Å². The highest BCUT2D eigenvalue weighted by Gasteiger charge is 2.44. The predicted octanol–water partition coefficient (Wildman–Crippen LogP) is 5.50. The molecule has 0 radical (unpaired) electrons. The highest BCUT2D eigenvalue weighted by atomic mass is 16.3. The zero-order valence-corrected chi connectivity index (χ0v) is 14.7. The Balaban J connectivity index is 2.35. The fourth-order valence-corrected chi connectivity index (χ4v) is 4.51. The lowest BCUT2D eigenvalue weighted by Crippen LogP contribution is -2.47. The van der Waals surface area contributed by atoms with Crippen LogP contribution in [-0.4, -0.2) is 10.7 Å². The molecule has 1 fully saturated rings. The van der Waals surface area contributed by atoms with Crippen molar-refractivity contribution in [1.29, 1.82) is 0 Å². The van der Waals surface area contributed by atoms with Crippen molar-refractivity contribution in [1.82, 2.24) is 0 Å². The van der Waals surface area contributed by atoms with Gasteiger partial charge in [-0.05, 0) is 83.0 Å². The third-order valence-corrected chi connectivity index (χ3v) is 5.96. The molecular formula is C20H34O. The first kappa shape index (κ1) is 16.8. The predicted molar refractivity (Wildman–Crippen MR) is 91.1 cm³/mol. The first-order chi connectivity index (χ1) is 9.81. The van der Waals surface area contributed by atoms with Crippen LogP contribution in [0.4, 0.5) is 0 Å². The Morgan fingerprint density at radius 3 is 2.52 bits per heavy atom. The first-order valence-electron chi connectivity index (χ1n) is 8.86. The Morgan fingerprint density at radius 1 is 1.14 bits per heavy atom. The second-order valence-corrected chi connectivity index (χ2v) is 8.13. The van der Waals surface area contributed by atoms with Gasteiger partial charge in [0, 0.05) is 0 Å². The highest BCUT2D eigenvalue weighted by Crippen LogP contribution is 2.48. The maximum Gasteiger partial charge on any atom is 0.0653 e. The van der Waals surface area contributed by atoms with E-state index in [0.717, 1.165) is 25.2 Å². The Morgan fingerprint density at radius 2 is 1.86 bits per heavy atom. The molecule has 0 bridgehead atoms. The van der Waals surface area contributed by atoms with E-state index < -0.39 is 5.60 Å². The number of fused-ring (bicyclic) bond motifs is 1. The molecule has 0 aromatic heterocycles. The summed E-state index contributed by atoms with van der Waals surface area (Å²) in [6.45, 7) is 11.3. The van der Waals surface area contributed by atoms with Gasteiger partial charge >= 0.3 is 0 Å². The van der Waals surface area contributed by atoms with Gasteiger partial charge in [-0.1, -0.05) is 37.1 Å². The SMILES string of the molecule is C/C1=C/[C@@H]2[C@@H](C(C)C)CC[C@@](C)(O)[C@@H]2CC/C(C)=C/CC1. The van der Waals surface area contributed by atoms with E-state index in [1.54, 1.807) is 0 Å². The number of hydrogen-bond acceptors (Lipinski definition) is 1. The Kier molecular flexibility index (Phi) is 5.35. The van der Waals surface area contributed by atoms with E-state index in [1.807, 2.05) is 0 Å². The molecule has 0 aromatic rings. The zero-order valence-electron chi connectivity index (χ0n) is 14.7. The van der Waals surface area contributed by atoms with Crippen molar-refractivity contribution in [2.75, 3.05) is 0 Å². The Hall–Kier alpha value is -0.560. The van der Waals surface area contributed by atoms with Crippen LogP contribution in [-0.2, 0) is 0 Å². The minimum Gasteiger partial charge on any atom is -0.390 e. The quantitative estimate of drug-likeness (QED) is 0.632. The van der Waals surface area contributed by atoms with E-state index in [-0.39, 0.29) is 0 Å². The molecule has 21 heavy (non-hydrogen) atoms. The van der Waals surface area contributed by atoms with Crippen LogP contribution in [0.5, 0.6) is 0 Å². The standard InChI is InChI=1S/C20H34O/c1-14(2)17-11-12-20(5,21)19-10-9-15(3)7-6-8-16(4)13-18(17)19/h7,13-14,17-19,21H,6,8-12H2,1-5H3/b15-7+,16-13-/t17-,18-,19-,20-/m1/s1. The molecule has 1 heteroatoms. The number of allylic oxidation sites excluding steroid dienone is 4. The normalized spacial score (nSPS) is 43.5. The lowest BCUT2D eigenvalue weighted by molar-refractivity contribution is -0.0780. The minimum absolute atomic E-state index is 0.412. The van der Waals surface area contributed by atoms with Gasteiger partial charge in [0.1, 0.15) is 0 Å². The molecule has 0 heterocycles. The van der Waals surface area contributed by atoms with E-state index in [0.29, 0.717) is 17.8 Å². The molecule has 2 rings (SSSR count). The molecule has 2 aliphatic rings.